The summed E-state index contributed by atoms with van der Waals surface area (Å²) in [5, 5.41) is 9.49. The molecule has 0 aliphatic heterocycles. The van der Waals surface area contributed by atoms with E-state index in [0.717, 1.165) is 0 Å². The van der Waals surface area contributed by atoms with Gasteiger partial charge in [-0.3, -0.25) is 9.59 Å². The van der Waals surface area contributed by atoms with Crippen molar-refractivity contribution in [2.24, 2.45) is 0 Å². The third-order valence-corrected chi connectivity index (χ3v) is 3.04. The molecule has 6 nitrogen and oxygen atoms in total. The number of aromatic amines is 1. The van der Waals surface area contributed by atoms with Gasteiger partial charge in [0.05, 0.1) is 11.1 Å². The monoisotopic (exact) mass is 300 g/mol. The van der Waals surface area contributed by atoms with Crippen molar-refractivity contribution in [3.8, 4) is 0 Å². The van der Waals surface area contributed by atoms with E-state index in [1.54, 1.807) is 12.1 Å². The number of fused-ring (bicyclic) bond motifs is 1. The Hall–Kier alpha value is -2.73. The molecule has 2 N–H and O–H groups in total. The number of carbonyl (C=O) groups is 1. The first-order valence-electron chi connectivity index (χ1n) is 6.06. The van der Waals surface area contributed by atoms with Gasteiger partial charge in [-0.15, -0.1) is 0 Å². The van der Waals surface area contributed by atoms with Crippen LogP contribution >= 0.6 is 11.6 Å². The number of amides is 1. The summed E-state index contributed by atoms with van der Waals surface area (Å²) < 4.78 is 0. The summed E-state index contributed by atoms with van der Waals surface area (Å²) in [6, 6.07) is 11.4. The SMILES string of the molecule is O=C(Nc1ccc(=O)[nH]n1)c1cc(Cl)nc2ccccc12. The number of para-hydroxylation sites is 1. The normalized spacial score (nSPS) is 10.5. The van der Waals surface area contributed by atoms with E-state index in [9.17, 15) is 9.59 Å². The van der Waals surface area contributed by atoms with E-state index >= 15 is 0 Å². The molecule has 21 heavy (non-hydrogen) atoms. The minimum atomic E-state index is -0.380. The third kappa shape index (κ3) is 2.75. The second kappa shape index (κ2) is 5.34. The largest absolute Gasteiger partial charge is 0.305 e. The van der Waals surface area contributed by atoms with E-state index in [4.69, 9.17) is 11.6 Å². The number of hydrogen-bond donors (Lipinski definition) is 2. The van der Waals surface area contributed by atoms with Gasteiger partial charge in [0.1, 0.15) is 5.15 Å². The molecular weight excluding hydrogens is 292 g/mol. The van der Waals surface area contributed by atoms with E-state index < -0.39 is 0 Å². The highest BCUT2D eigenvalue weighted by atomic mass is 35.5. The van der Waals surface area contributed by atoms with Crippen LogP contribution in [0.3, 0.4) is 0 Å². The van der Waals surface area contributed by atoms with Gasteiger partial charge in [0, 0.05) is 11.5 Å². The molecule has 0 saturated carbocycles. The summed E-state index contributed by atoms with van der Waals surface area (Å²) in [5.74, 6) is -0.133. The summed E-state index contributed by atoms with van der Waals surface area (Å²) in [6.45, 7) is 0. The zero-order valence-electron chi connectivity index (χ0n) is 10.6. The van der Waals surface area contributed by atoms with E-state index in [2.05, 4.69) is 20.5 Å². The van der Waals surface area contributed by atoms with E-state index in [0.29, 0.717) is 16.5 Å². The summed E-state index contributed by atoms with van der Waals surface area (Å²) in [4.78, 5) is 27.4. The third-order valence-electron chi connectivity index (χ3n) is 2.85. The van der Waals surface area contributed by atoms with Crippen LogP contribution in [0.4, 0.5) is 5.82 Å². The molecule has 0 spiro atoms. The van der Waals surface area contributed by atoms with Gasteiger partial charge >= 0.3 is 0 Å². The lowest BCUT2D eigenvalue weighted by Crippen LogP contribution is -2.16. The van der Waals surface area contributed by atoms with Crippen LogP contribution in [0.5, 0.6) is 0 Å². The van der Waals surface area contributed by atoms with Gasteiger partial charge in [0.25, 0.3) is 11.5 Å². The highest BCUT2D eigenvalue weighted by molar-refractivity contribution is 6.30. The number of nitrogens with zero attached hydrogens (tertiary/aromatic N) is 2. The molecule has 3 aromatic rings. The van der Waals surface area contributed by atoms with Gasteiger partial charge in [-0.1, -0.05) is 29.8 Å². The Labute approximate surface area is 123 Å². The lowest BCUT2D eigenvalue weighted by atomic mass is 10.1. The quantitative estimate of drug-likeness (QED) is 0.710. The minimum Gasteiger partial charge on any atom is -0.305 e. The molecule has 1 aromatic carbocycles. The topological polar surface area (TPSA) is 87.7 Å². The Morgan fingerprint density at radius 3 is 2.76 bits per heavy atom. The van der Waals surface area contributed by atoms with E-state index in [1.165, 1.54) is 18.2 Å². The molecule has 2 aromatic heterocycles. The number of halogens is 1. The molecule has 0 fully saturated rings. The van der Waals surface area contributed by atoms with Crippen LogP contribution < -0.4 is 10.9 Å². The van der Waals surface area contributed by atoms with Crippen LogP contribution in [-0.4, -0.2) is 21.1 Å². The predicted octanol–water partition coefficient (Wildman–Crippen LogP) is 2.22. The zero-order chi connectivity index (χ0) is 14.8. The maximum Gasteiger partial charge on any atom is 0.264 e. The highest BCUT2D eigenvalue weighted by Gasteiger charge is 2.13. The fourth-order valence-electron chi connectivity index (χ4n) is 1.93. The lowest BCUT2D eigenvalue weighted by molar-refractivity contribution is 0.102. The number of aromatic nitrogens is 3. The molecule has 7 heteroatoms. The number of anilines is 1. The standard InChI is InChI=1S/C14H9ClN4O2/c15-11-7-9(8-3-1-2-4-10(8)16-11)14(21)17-12-5-6-13(20)19-18-12/h1-7H,(H,19,20)(H,17,18,21). The average Bonchev–Trinajstić information content (AvgIpc) is 2.48. The van der Waals surface area contributed by atoms with Gasteiger partial charge in [0.15, 0.2) is 5.82 Å². The number of nitrogens with one attached hydrogen (secondary N) is 2. The first-order chi connectivity index (χ1) is 10.1. The molecule has 0 aliphatic rings. The number of rotatable bonds is 2. The number of pyridine rings is 1. The first kappa shape index (κ1) is 13.3. The van der Waals surface area contributed by atoms with E-state index in [1.807, 2.05) is 12.1 Å². The van der Waals surface area contributed by atoms with Crippen LogP contribution in [0.25, 0.3) is 10.9 Å². The fourth-order valence-corrected chi connectivity index (χ4v) is 2.13. The van der Waals surface area contributed by atoms with E-state index in [-0.39, 0.29) is 22.4 Å². The number of benzene rings is 1. The second-order valence-corrected chi connectivity index (χ2v) is 4.66. The maximum atomic E-state index is 12.3. The van der Waals surface area contributed by atoms with Crippen molar-refractivity contribution in [1.82, 2.24) is 15.2 Å². The van der Waals surface area contributed by atoms with Crippen LogP contribution in [-0.2, 0) is 0 Å². The number of hydrogen-bond acceptors (Lipinski definition) is 4. The van der Waals surface area contributed by atoms with Gasteiger partial charge in [0.2, 0.25) is 0 Å². The summed E-state index contributed by atoms with van der Waals surface area (Å²) >= 11 is 5.94. The molecule has 0 atom stereocenters. The second-order valence-electron chi connectivity index (χ2n) is 4.27. The van der Waals surface area contributed by atoms with Crippen LogP contribution in [0.2, 0.25) is 5.15 Å². The molecular formula is C14H9ClN4O2. The van der Waals surface area contributed by atoms with Crippen molar-refractivity contribution in [2.75, 3.05) is 5.32 Å². The predicted molar refractivity (Wildman–Crippen MR) is 79.6 cm³/mol. The Morgan fingerprint density at radius 2 is 2.00 bits per heavy atom. The molecule has 104 valence electrons. The Bertz CT molecular complexity index is 871. The molecule has 0 radical (unpaired) electrons. The first-order valence-corrected chi connectivity index (χ1v) is 6.44. The van der Waals surface area contributed by atoms with Crippen LogP contribution in [0.15, 0.2) is 47.3 Å². The van der Waals surface area contributed by atoms with Crippen LogP contribution in [0, 0.1) is 0 Å². The van der Waals surface area contributed by atoms with Crippen molar-refractivity contribution >= 4 is 34.2 Å². The smallest absolute Gasteiger partial charge is 0.264 e. The highest BCUT2D eigenvalue weighted by Crippen LogP contribution is 2.21. The lowest BCUT2D eigenvalue weighted by Gasteiger charge is -2.07. The molecule has 2 heterocycles. The average molecular weight is 301 g/mol. The number of carbonyl (C=O) groups excluding carboxylic acids is 1. The zero-order valence-corrected chi connectivity index (χ0v) is 11.4. The molecule has 3 rings (SSSR count). The van der Waals surface area contributed by atoms with Crippen molar-refractivity contribution in [3.05, 3.63) is 63.5 Å². The Kier molecular flexibility index (Phi) is 3.37. The molecule has 0 saturated heterocycles. The molecule has 0 unspecified atom stereocenters. The summed E-state index contributed by atoms with van der Waals surface area (Å²) in [5.41, 5.74) is 0.675. The fraction of sp³-hybridized carbons (Fsp3) is 0. The molecule has 0 aliphatic carbocycles. The van der Waals surface area contributed by atoms with Gasteiger partial charge < -0.3 is 5.32 Å². The Balaban J connectivity index is 2.01. The van der Waals surface area contributed by atoms with Crippen molar-refractivity contribution in [3.63, 3.8) is 0 Å². The van der Waals surface area contributed by atoms with Crippen molar-refractivity contribution in [1.29, 1.82) is 0 Å². The minimum absolute atomic E-state index is 0.230. The van der Waals surface area contributed by atoms with Crippen LogP contribution in [0.1, 0.15) is 10.4 Å². The van der Waals surface area contributed by atoms with Gasteiger partial charge in [-0.05, 0) is 18.2 Å². The summed E-state index contributed by atoms with van der Waals surface area (Å²) in [6.07, 6.45) is 0. The van der Waals surface area contributed by atoms with Crippen molar-refractivity contribution in [2.45, 2.75) is 0 Å². The Morgan fingerprint density at radius 1 is 1.19 bits per heavy atom. The molecule has 1 amide bonds. The molecule has 0 bridgehead atoms. The summed E-state index contributed by atoms with van der Waals surface area (Å²) in [7, 11) is 0. The maximum absolute atomic E-state index is 12.3. The van der Waals surface area contributed by atoms with Gasteiger partial charge in [-0.2, -0.15) is 5.10 Å². The van der Waals surface area contributed by atoms with Gasteiger partial charge in [-0.25, -0.2) is 10.1 Å². The van der Waals surface area contributed by atoms with Crippen molar-refractivity contribution < 1.29 is 4.79 Å². The number of H-pyrrole nitrogens is 1.